The van der Waals surface area contributed by atoms with Gasteiger partial charge in [-0.2, -0.15) is 0 Å². The van der Waals surface area contributed by atoms with Gasteiger partial charge in [-0.1, -0.05) is 17.7 Å². The van der Waals surface area contributed by atoms with Crippen LogP contribution in [0, 0.1) is 6.92 Å². The molecule has 2 N–H and O–H groups in total. The lowest BCUT2D eigenvalue weighted by atomic mass is 10.2. The molecule has 0 radical (unpaired) electrons. The fourth-order valence-corrected chi connectivity index (χ4v) is 1.26. The van der Waals surface area contributed by atoms with E-state index < -0.39 is 6.09 Å². The summed E-state index contributed by atoms with van der Waals surface area (Å²) in [6.45, 7) is 4.05. The second-order valence-corrected chi connectivity index (χ2v) is 3.57. The summed E-state index contributed by atoms with van der Waals surface area (Å²) in [4.78, 5) is 11.0. The second-order valence-electron chi connectivity index (χ2n) is 3.17. The summed E-state index contributed by atoms with van der Waals surface area (Å²) in [7, 11) is 0. The number of amides is 1. The van der Waals surface area contributed by atoms with Crippen molar-refractivity contribution >= 4 is 29.1 Å². The van der Waals surface area contributed by atoms with Gasteiger partial charge >= 0.3 is 6.09 Å². The number of nitrogens with one attached hydrogen (secondary N) is 2. The molecule has 0 saturated heterocycles. The van der Waals surface area contributed by atoms with Gasteiger partial charge in [0.05, 0.1) is 6.61 Å². The molecule has 1 amide bonds. The minimum Gasteiger partial charge on any atom is -0.450 e. The lowest BCUT2D eigenvalue weighted by molar-refractivity contribution is 0.158. The summed E-state index contributed by atoms with van der Waals surface area (Å²) in [5.41, 5.74) is 1.99. The summed E-state index contributed by atoms with van der Waals surface area (Å²) in [5.74, 6) is 0. The Balaban J connectivity index is 2.45. The normalized spacial score (nSPS) is 9.38. The van der Waals surface area contributed by atoms with Gasteiger partial charge in [-0.25, -0.2) is 4.79 Å². The van der Waals surface area contributed by atoms with Crippen LogP contribution in [0.4, 0.5) is 10.5 Å². The van der Waals surface area contributed by atoms with Gasteiger partial charge in [-0.05, 0) is 38.2 Å². The van der Waals surface area contributed by atoms with Crippen LogP contribution >= 0.6 is 12.2 Å². The molecule has 5 heteroatoms. The fourth-order valence-electron chi connectivity index (χ4n) is 1.06. The van der Waals surface area contributed by atoms with E-state index in [1.807, 2.05) is 31.2 Å². The first kappa shape index (κ1) is 12.4. The molecule has 0 bridgehead atoms. The van der Waals surface area contributed by atoms with E-state index in [-0.39, 0.29) is 5.11 Å². The summed E-state index contributed by atoms with van der Waals surface area (Å²) >= 11 is 4.94. The number of carbonyl (C=O) groups is 1. The van der Waals surface area contributed by atoms with E-state index in [1.165, 1.54) is 0 Å². The summed E-state index contributed by atoms with van der Waals surface area (Å²) in [6.07, 6.45) is -0.549. The maximum atomic E-state index is 11.0. The number of anilines is 1. The molecule has 16 heavy (non-hydrogen) atoms. The van der Waals surface area contributed by atoms with Gasteiger partial charge in [0.2, 0.25) is 0 Å². The summed E-state index contributed by atoms with van der Waals surface area (Å²) < 4.78 is 4.69. The van der Waals surface area contributed by atoms with Gasteiger partial charge in [0.25, 0.3) is 0 Å². The minimum absolute atomic E-state index is 0.224. The van der Waals surface area contributed by atoms with Crippen LogP contribution < -0.4 is 10.6 Å². The second kappa shape index (κ2) is 6.07. The van der Waals surface area contributed by atoms with E-state index in [1.54, 1.807) is 6.92 Å². The molecule has 1 aromatic carbocycles. The van der Waals surface area contributed by atoms with Crippen LogP contribution in [0.2, 0.25) is 0 Å². The van der Waals surface area contributed by atoms with Crippen molar-refractivity contribution in [1.29, 1.82) is 0 Å². The van der Waals surface area contributed by atoms with Crippen LogP contribution in [-0.2, 0) is 4.74 Å². The summed E-state index contributed by atoms with van der Waals surface area (Å²) in [6, 6.07) is 7.67. The standard InChI is InChI=1S/C11H14N2O2S/c1-3-15-11(14)13-10(16)12-9-6-4-8(2)5-7-9/h4-7H,3H2,1-2H3,(H2,12,13,14,16). The minimum atomic E-state index is -0.549. The van der Waals surface area contributed by atoms with E-state index in [2.05, 4.69) is 10.6 Å². The number of hydrogen-bond acceptors (Lipinski definition) is 3. The highest BCUT2D eigenvalue weighted by Crippen LogP contribution is 2.08. The van der Waals surface area contributed by atoms with Crippen molar-refractivity contribution in [2.24, 2.45) is 0 Å². The van der Waals surface area contributed by atoms with E-state index in [4.69, 9.17) is 17.0 Å². The maximum absolute atomic E-state index is 11.0. The first-order valence-corrected chi connectivity index (χ1v) is 5.34. The SMILES string of the molecule is CCOC(=O)NC(=S)Nc1ccc(C)cc1. The first-order chi connectivity index (χ1) is 7.61. The summed E-state index contributed by atoms with van der Waals surface area (Å²) in [5, 5.41) is 5.51. The van der Waals surface area contributed by atoms with Gasteiger partial charge < -0.3 is 10.1 Å². The van der Waals surface area contributed by atoms with Crippen molar-refractivity contribution in [3.8, 4) is 0 Å². The zero-order chi connectivity index (χ0) is 12.0. The zero-order valence-electron chi connectivity index (χ0n) is 9.24. The Hall–Kier alpha value is -1.62. The van der Waals surface area contributed by atoms with Crippen molar-refractivity contribution < 1.29 is 9.53 Å². The maximum Gasteiger partial charge on any atom is 0.413 e. The molecule has 0 aliphatic rings. The van der Waals surface area contributed by atoms with E-state index in [0.717, 1.165) is 11.3 Å². The molecule has 0 atom stereocenters. The van der Waals surface area contributed by atoms with Crippen molar-refractivity contribution in [2.45, 2.75) is 13.8 Å². The van der Waals surface area contributed by atoms with Crippen molar-refractivity contribution in [3.63, 3.8) is 0 Å². The Labute approximate surface area is 100.0 Å². The number of aryl methyl sites for hydroxylation is 1. The first-order valence-electron chi connectivity index (χ1n) is 4.93. The number of benzene rings is 1. The average Bonchev–Trinajstić information content (AvgIpc) is 2.21. The molecule has 0 fully saturated rings. The molecule has 0 aromatic heterocycles. The van der Waals surface area contributed by atoms with Crippen LogP contribution in [0.1, 0.15) is 12.5 Å². The van der Waals surface area contributed by atoms with Gasteiger partial charge in [-0.15, -0.1) is 0 Å². The Morgan fingerprint density at radius 3 is 2.56 bits per heavy atom. The smallest absolute Gasteiger partial charge is 0.413 e. The highest BCUT2D eigenvalue weighted by molar-refractivity contribution is 7.80. The Bertz CT molecular complexity index is 376. The van der Waals surface area contributed by atoms with Crippen molar-refractivity contribution in [2.75, 3.05) is 11.9 Å². The number of alkyl carbamates (subject to hydrolysis) is 1. The number of carbonyl (C=O) groups excluding carboxylic acids is 1. The third-order valence-corrected chi connectivity index (χ3v) is 2.00. The monoisotopic (exact) mass is 238 g/mol. The molecule has 1 rings (SSSR count). The predicted molar refractivity (Wildman–Crippen MR) is 67.6 cm³/mol. The van der Waals surface area contributed by atoms with Crippen LogP contribution in [0.3, 0.4) is 0 Å². The Kier molecular flexibility index (Phi) is 4.72. The molecular formula is C11H14N2O2S. The third kappa shape index (κ3) is 4.27. The third-order valence-electron chi connectivity index (χ3n) is 1.80. The largest absolute Gasteiger partial charge is 0.450 e. The average molecular weight is 238 g/mol. The number of hydrogen-bond donors (Lipinski definition) is 2. The van der Waals surface area contributed by atoms with Crippen LogP contribution in [0.5, 0.6) is 0 Å². The number of ether oxygens (including phenoxy) is 1. The zero-order valence-corrected chi connectivity index (χ0v) is 10.1. The fraction of sp³-hybridized carbons (Fsp3) is 0.273. The number of rotatable bonds is 2. The van der Waals surface area contributed by atoms with Crippen LogP contribution in [0.15, 0.2) is 24.3 Å². The van der Waals surface area contributed by atoms with E-state index in [9.17, 15) is 4.79 Å². The van der Waals surface area contributed by atoms with E-state index in [0.29, 0.717) is 6.61 Å². The molecule has 1 aromatic rings. The highest BCUT2D eigenvalue weighted by atomic mass is 32.1. The number of thiocarbonyl (C=S) groups is 1. The molecule has 4 nitrogen and oxygen atoms in total. The van der Waals surface area contributed by atoms with Crippen molar-refractivity contribution in [3.05, 3.63) is 29.8 Å². The topological polar surface area (TPSA) is 50.4 Å². The van der Waals surface area contributed by atoms with Crippen LogP contribution in [0.25, 0.3) is 0 Å². The highest BCUT2D eigenvalue weighted by Gasteiger charge is 2.03. The molecule has 0 aliphatic heterocycles. The van der Waals surface area contributed by atoms with Gasteiger partial charge in [0.15, 0.2) is 5.11 Å². The molecule has 0 aliphatic carbocycles. The van der Waals surface area contributed by atoms with Gasteiger partial charge in [0.1, 0.15) is 0 Å². The molecular weight excluding hydrogens is 224 g/mol. The molecule has 86 valence electrons. The molecule has 0 saturated carbocycles. The lowest BCUT2D eigenvalue weighted by Crippen LogP contribution is -2.34. The van der Waals surface area contributed by atoms with Crippen LogP contribution in [-0.4, -0.2) is 17.8 Å². The molecule has 0 spiro atoms. The Morgan fingerprint density at radius 2 is 2.00 bits per heavy atom. The van der Waals surface area contributed by atoms with Crippen molar-refractivity contribution in [1.82, 2.24) is 5.32 Å². The van der Waals surface area contributed by atoms with Gasteiger partial charge in [-0.3, -0.25) is 5.32 Å². The molecule has 0 heterocycles. The lowest BCUT2D eigenvalue weighted by Gasteiger charge is -2.09. The predicted octanol–water partition coefficient (Wildman–Crippen LogP) is 2.44. The van der Waals surface area contributed by atoms with Gasteiger partial charge in [0, 0.05) is 5.69 Å². The quantitative estimate of drug-likeness (QED) is 0.777. The molecule has 0 unspecified atom stereocenters. The Morgan fingerprint density at radius 1 is 1.38 bits per heavy atom. The van der Waals surface area contributed by atoms with E-state index >= 15 is 0 Å².